The Balaban J connectivity index is 2.71. The highest BCUT2D eigenvalue weighted by Crippen LogP contribution is 2.18. The van der Waals surface area contributed by atoms with E-state index >= 15 is 0 Å². The van der Waals surface area contributed by atoms with Crippen molar-refractivity contribution in [1.82, 2.24) is 10.0 Å². The van der Waals surface area contributed by atoms with Crippen LogP contribution in [-0.2, 0) is 21.4 Å². The molecule has 1 aromatic rings. The summed E-state index contributed by atoms with van der Waals surface area (Å²) in [6.07, 6.45) is 0. The van der Waals surface area contributed by atoms with Crippen LogP contribution in [0.5, 0.6) is 0 Å². The molecule has 9 heteroatoms. The Labute approximate surface area is 120 Å². The molecule has 5 nitrogen and oxygen atoms in total. The molecule has 1 amide bonds. The third-order valence-corrected chi connectivity index (χ3v) is 4.01. The number of carbonyl (C=O) groups is 1. The van der Waals surface area contributed by atoms with Crippen LogP contribution in [0.1, 0.15) is 12.5 Å². The molecular weight excluding hydrogens is 314 g/mol. The van der Waals surface area contributed by atoms with Crippen molar-refractivity contribution in [3.05, 3.63) is 29.8 Å². The van der Waals surface area contributed by atoms with Crippen LogP contribution in [0.25, 0.3) is 0 Å². The van der Waals surface area contributed by atoms with Crippen LogP contribution in [-0.4, -0.2) is 26.3 Å². The Morgan fingerprint density at radius 1 is 1.30 bits per heavy atom. The molecule has 0 atom stereocenters. The molecule has 0 fully saturated rings. The van der Waals surface area contributed by atoms with Gasteiger partial charge < -0.3 is 5.32 Å². The van der Waals surface area contributed by atoms with Gasteiger partial charge in [0, 0.05) is 13.1 Å². The lowest BCUT2D eigenvalue weighted by Crippen LogP contribution is -2.35. The van der Waals surface area contributed by atoms with E-state index in [1.54, 1.807) is 6.92 Å². The summed E-state index contributed by atoms with van der Waals surface area (Å²) in [6.45, 7) is 1.72. The molecule has 0 unspecified atom stereocenters. The third-order valence-electron chi connectivity index (χ3n) is 2.28. The first-order chi connectivity index (χ1) is 9.16. The first-order valence-electron chi connectivity index (χ1n) is 5.60. The minimum atomic E-state index is -3.96. The summed E-state index contributed by atoms with van der Waals surface area (Å²) in [7, 11) is -3.56. The van der Waals surface area contributed by atoms with Crippen molar-refractivity contribution in [2.45, 2.75) is 23.7 Å². The molecule has 20 heavy (non-hydrogen) atoms. The van der Waals surface area contributed by atoms with Gasteiger partial charge in [-0.1, -0.05) is 19.1 Å². The lowest BCUT2D eigenvalue weighted by Gasteiger charge is -2.09. The average molecular weight is 327 g/mol. The summed E-state index contributed by atoms with van der Waals surface area (Å²) in [5.74, 6) is -1.61. The van der Waals surface area contributed by atoms with Crippen molar-refractivity contribution in [3.63, 3.8) is 0 Å². The second-order valence-corrected chi connectivity index (χ2v) is 6.07. The smallest absolute Gasteiger partial charge is 0.346 e. The Morgan fingerprint density at radius 2 is 1.85 bits per heavy atom. The fraction of sp³-hybridized carbons (Fsp3) is 0.364. The molecular formula is C11H13ClF2N2O3S. The molecule has 0 spiro atoms. The van der Waals surface area contributed by atoms with E-state index < -0.39 is 21.3 Å². The van der Waals surface area contributed by atoms with Crippen molar-refractivity contribution in [3.8, 4) is 0 Å². The first kappa shape index (κ1) is 16.8. The molecule has 0 saturated carbocycles. The first-order valence-corrected chi connectivity index (χ1v) is 7.46. The van der Waals surface area contributed by atoms with Crippen molar-refractivity contribution in [1.29, 1.82) is 0 Å². The number of sulfonamides is 1. The summed E-state index contributed by atoms with van der Waals surface area (Å²) in [4.78, 5) is 10.9. The third kappa shape index (κ3) is 4.69. The van der Waals surface area contributed by atoms with Gasteiger partial charge in [0.2, 0.25) is 10.0 Å². The molecule has 0 aliphatic carbocycles. The van der Waals surface area contributed by atoms with Crippen LogP contribution in [0.3, 0.4) is 0 Å². The van der Waals surface area contributed by atoms with E-state index in [4.69, 9.17) is 0 Å². The number of amides is 1. The zero-order valence-electron chi connectivity index (χ0n) is 10.5. The number of nitrogens with one attached hydrogen (secondary N) is 2. The van der Waals surface area contributed by atoms with Gasteiger partial charge in [-0.2, -0.15) is 8.78 Å². The van der Waals surface area contributed by atoms with Gasteiger partial charge in [-0.15, -0.1) is 0 Å². The van der Waals surface area contributed by atoms with E-state index in [1.165, 1.54) is 24.3 Å². The van der Waals surface area contributed by atoms with Gasteiger partial charge in [0.25, 0.3) is 0 Å². The summed E-state index contributed by atoms with van der Waals surface area (Å²) >= 11 is 4.54. The Morgan fingerprint density at radius 3 is 2.30 bits per heavy atom. The molecule has 112 valence electrons. The van der Waals surface area contributed by atoms with Gasteiger partial charge in [0.1, 0.15) is 0 Å². The van der Waals surface area contributed by atoms with E-state index in [2.05, 4.69) is 16.3 Å². The zero-order chi connectivity index (χ0) is 15.4. The van der Waals surface area contributed by atoms with E-state index in [0.29, 0.717) is 5.56 Å². The molecule has 0 aliphatic rings. The van der Waals surface area contributed by atoms with E-state index in [1.807, 2.05) is 5.32 Å². The van der Waals surface area contributed by atoms with Crippen LogP contribution in [0.15, 0.2) is 29.2 Å². The maximum absolute atomic E-state index is 12.4. The number of halogens is 3. The largest absolute Gasteiger partial charge is 0.399 e. The molecule has 0 bridgehead atoms. The molecule has 1 aromatic carbocycles. The lowest BCUT2D eigenvalue weighted by molar-refractivity contribution is -0.135. The quantitative estimate of drug-likeness (QED) is 0.777. The van der Waals surface area contributed by atoms with Gasteiger partial charge in [-0.3, -0.25) is 4.79 Å². The second kappa shape index (κ2) is 6.47. The van der Waals surface area contributed by atoms with E-state index in [-0.39, 0.29) is 18.0 Å². The van der Waals surface area contributed by atoms with Gasteiger partial charge in [0.15, 0.2) is 0 Å². The highest BCUT2D eigenvalue weighted by atomic mass is 35.5. The standard InChI is InChI=1S/C11H13ClF2N2O3S/c1-2-16-20(18,19)9-5-3-8(4-6-9)7-15-10(17)11(12,13)14/h3-6,16H,2,7H2,1H3,(H,15,17). The zero-order valence-corrected chi connectivity index (χ0v) is 12.1. The Bertz CT molecular complexity index is 570. The van der Waals surface area contributed by atoms with Crippen LogP contribution in [0.4, 0.5) is 8.78 Å². The Kier molecular flexibility index (Phi) is 5.43. The lowest BCUT2D eigenvalue weighted by atomic mass is 10.2. The minimum absolute atomic E-state index is 0.0529. The van der Waals surface area contributed by atoms with Crippen molar-refractivity contribution < 1.29 is 22.0 Å². The van der Waals surface area contributed by atoms with Gasteiger partial charge in [0.05, 0.1) is 4.90 Å². The number of alkyl halides is 3. The minimum Gasteiger partial charge on any atom is -0.346 e. The molecule has 0 saturated heterocycles. The number of rotatable bonds is 6. The van der Waals surface area contributed by atoms with E-state index in [0.717, 1.165) is 0 Å². The Hall–Kier alpha value is -1.25. The van der Waals surface area contributed by atoms with Crippen molar-refractivity contribution >= 4 is 27.5 Å². The van der Waals surface area contributed by atoms with Gasteiger partial charge >= 0.3 is 11.3 Å². The fourth-order valence-corrected chi connectivity index (χ4v) is 2.45. The molecule has 0 heterocycles. The maximum Gasteiger partial charge on any atom is 0.399 e. The average Bonchev–Trinajstić information content (AvgIpc) is 2.35. The fourth-order valence-electron chi connectivity index (χ4n) is 1.34. The van der Waals surface area contributed by atoms with Crippen LogP contribution in [0, 0.1) is 0 Å². The molecule has 0 radical (unpaired) electrons. The predicted molar refractivity (Wildman–Crippen MR) is 70.0 cm³/mol. The molecule has 0 aromatic heterocycles. The number of benzene rings is 1. The molecule has 1 rings (SSSR count). The summed E-state index contributed by atoms with van der Waals surface area (Å²) in [6, 6.07) is 5.46. The van der Waals surface area contributed by atoms with Crippen LogP contribution < -0.4 is 10.0 Å². The normalized spacial score (nSPS) is 12.2. The maximum atomic E-state index is 12.4. The highest BCUT2D eigenvalue weighted by Gasteiger charge is 2.35. The van der Waals surface area contributed by atoms with Gasteiger partial charge in [-0.05, 0) is 29.3 Å². The summed E-state index contributed by atoms with van der Waals surface area (Å²) < 4.78 is 50.4. The number of hydrogen-bond acceptors (Lipinski definition) is 3. The van der Waals surface area contributed by atoms with Gasteiger partial charge in [-0.25, -0.2) is 13.1 Å². The predicted octanol–water partition coefficient (Wildman–Crippen LogP) is 1.43. The second-order valence-electron chi connectivity index (χ2n) is 3.83. The topological polar surface area (TPSA) is 75.3 Å². The van der Waals surface area contributed by atoms with Crippen LogP contribution >= 0.6 is 11.6 Å². The van der Waals surface area contributed by atoms with Crippen LogP contribution in [0.2, 0.25) is 0 Å². The number of hydrogen-bond donors (Lipinski definition) is 2. The number of carbonyl (C=O) groups excluding carboxylic acids is 1. The monoisotopic (exact) mass is 326 g/mol. The highest BCUT2D eigenvalue weighted by molar-refractivity contribution is 7.89. The van der Waals surface area contributed by atoms with E-state index in [9.17, 15) is 22.0 Å². The summed E-state index contributed by atoms with van der Waals surface area (Å²) in [5.41, 5.74) is 0.467. The van der Waals surface area contributed by atoms with Crippen molar-refractivity contribution in [2.75, 3.05) is 6.54 Å². The SMILES string of the molecule is CCNS(=O)(=O)c1ccc(CNC(=O)C(F)(F)Cl)cc1. The molecule has 2 N–H and O–H groups in total. The van der Waals surface area contributed by atoms with Crippen molar-refractivity contribution in [2.24, 2.45) is 0 Å². The summed E-state index contributed by atoms with van der Waals surface area (Å²) in [5, 5.41) is -2.03. The molecule has 0 aliphatic heterocycles.